The Kier molecular flexibility index (Phi) is 3.53. The molecule has 0 amide bonds. The van der Waals surface area contributed by atoms with E-state index >= 15 is 0 Å². The summed E-state index contributed by atoms with van der Waals surface area (Å²) in [6.45, 7) is -1.05. The molecule has 76 valence electrons. The normalized spacial score (nSPS) is 10.1. The van der Waals surface area contributed by atoms with Crippen LogP contribution in [0.15, 0.2) is 18.2 Å². The molecule has 0 aliphatic rings. The molecule has 1 aromatic rings. The molecular formula is C9H10FNO3. The largest absolute Gasteiger partial charge is 0.396 e. The number of benzene rings is 1. The van der Waals surface area contributed by atoms with Crippen molar-refractivity contribution in [3.63, 3.8) is 0 Å². The van der Waals surface area contributed by atoms with Crippen LogP contribution in [0, 0.1) is 10.1 Å². The summed E-state index contributed by atoms with van der Waals surface area (Å²) in [5.41, 5.74) is 0.206. The summed E-state index contributed by atoms with van der Waals surface area (Å²) in [4.78, 5) is 10.0. The summed E-state index contributed by atoms with van der Waals surface area (Å²) in [7, 11) is 0. The van der Waals surface area contributed by atoms with Gasteiger partial charge in [-0.15, -0.1) is 0 Å². The molecule has 0 aliphatic heterocycles. The number of hydrogen-bond donors (Lipinski definition) is 1. The molecule has 0 atom stereocenters. The van der Waals surface area contributed by atoms with Gasteiger partial charge in [-0.1, -0.05) is 12.1 Å². The average molecular weight is 199 g/mol. The molecule has 0 spiro atoms. The third-order valence-electron chi connectivity index (χ3n) is 1.91. The number of nitro benzene ring substituents is 1. The quantitative estimate of drug-likeness (QED) is 0.591. The lowest BCUT2D eigenvalue weighted by Crippen LogP contribution is -2.01. The molecule has 1 N–H and O–H groups in total. The highest BCUT2D eigenvalue weighted by atomic mass is 19.1. The lowest BCUT2D eigenvalue weighted by molar-refractivity contribution is -0.386. The number of nitrogens with zero attached hydrogens (tertiary/aromatic N) is 1. The average Bonchev–Trinajstić information content (AvgIpc) is 2.17. The zero-order valence-electron chi connectivity index (χ0n) is 7.44. The monoisotopic (exact) mass is 199 g/mol. The minimum Gasteiger partial charge on any atom is -0.396 e. The van der Waals surface area contributed by atoms with Crippen molar-refractivity contribution in [3.8, 4) is 0 Å². The number of nitro groups is 1. The fraction of sp³-hybridized carbons (Fsp3) is 0.333. The minimum atomic E-state index is -0.865. The van der Waals surface area contributed by atoms with Crippen molar-refractivity contribution in [2.24, 2.45) is 0 Å². The maximum Gasteiger partial charge on any atom is 0.278 e. The van der Waals surface area contributed by atoms with Crippen molar-refractivity contribution in [3.05, 3.63) is 39.4 Å². The lowest BCUT2D eigenvalue weighted by Gasteiger charge is -2.03. The molecule has 4 nitrogen and oxygen atoms in total. The highest BCUT2D eigenvalue weighted by Crippen LogP contribution is 2.24. The maximum atomic E-state index is 12.4. The van der Waals surface area contributed by atoms with Gasteiger partial charge >= 0.3 is 0 Å². The fourth-order valence-electron chi connectivity index (χ4n) is 1.31. The summed E-state index contributed by atoms with van der Waals surface area (Å²) >= 11 is 0. The van der Waals surface area contributed by atoms with Gasteiger partial charge < -0.3 is 5.11 Å². The zero-order chi connectivity index (χ0) is 10.6. The molecule has 14 heavy (non-hydrogen) atoms. The van der Waals surface area contributed by atoms with E-state index in [0.29, 0.717) is 5.56 Å². The minimum absolute atomic E-state index is 0.0564. The SMILES string of the molecule is O=[N+]([O-])c1c(CF)cccc1CCO. The maximum absolute atomic E-state index is 12.4. The first kappa shape index (κ1) is 10.6. The van der Waals surface area contributed by atoms with Gasteiger partial charge in [0.05, 0.1) is 10.5 Å². The molecule has 0 aliphatic carbocycles. The van der Waals surface area contributed by atoms with Crippen LogP contribution in [0.1, 0.15) is 11.1 Å². The van der Waals surface area contributed by atoms with Crippen molar-refractivity contribution >= 4 is 5.69 Å². The highest BCUT2D eigenvalue weighted by Gasteiger charge is 2.18. The first-order valence-corrected chi connectivity index (χ1v) is 4.12. The Morgan fingerprint density at radius 2 is 2.07 bits per heavy atom. The summed E-state index contributed by atoms with van der Waals surface area (Å²) in [6.07, 6.45) is 0.171. The van der Waals surface area contributed by atoms with E-state index < -0.39 is 11.6 Å². The van der Waals surface area contributed by atoms with Gasteiger partial charge in [-0.2, -0.15) is 0 Å². The summed E-state index contributed by atoms with van der Waals surface area (Å²) in [5, 5.41) is 19.3. The number of aliphatic hydroxyl groups is 1. The predicted octanol–water partition coefficient (Wildman–Crippen LogP) is 1.60. The second kappa shape index (κ2) is 4.66. The molecule has 0 unspecified atom stereocenters. The van der Waals surface area contributed by atoms with Gasteiger partial charge in [0.25, 0.3) is 5.69 Å². The van der Waals surface area contributed by atoms with Crippen molar-refractivity contribution in [2.45, 2.75) is 13.1 Å². The van der Waals surface area contributed by atoms with Crippen LogP contribution in [-0.4, -0.2) is 16.6 Å². The molecule has 0 aromatic heterocycles. The van der Waals surface area contributed by atoms with Gasteiger partial charge in [0.15, 0.2) is 0 Å². The van der Waals surface area contributed by atoms with Gasteiger partial charge in [0.2, 0.25) is 0 Å². The van der Waals surface area contributed by atoms with Gasteiger partial charge in [-0.25, -0.2) is 4.39 Å². The van der Waals surface area contributed by atoms with Crippen molar-refractivity contribution < 1.29 is 14.4 Å². The van der Waals surface area contributed by atoms with Crippen LogP contribution in [0.4, 0.5) is 10.1 Å². The van der Waals surface area contributed by atoms with Gasteiger partial charge in [0, 0.05) is 18.6 Å². The molecule has 0 heterocycles. The van der Waals surface area contributed by atoms with Crippen LogP contribution in [0.3, 0.4) is 0 Å². The van der Waals surface area contributed by atoms with E-state index in [1.807, 2.05) is 0 Å². The van der Waals surface area contributed by atoms with Gasteiger partial charge in [0.1, 0.15) is 6.67 Å². The second-order valence-electron chi connectivity index (χ2n) is 2.79. The van der Waals surface area contributed by atoms with E-state index in [2.05, 4.69) is 0 Å². The van der Waals surface area contributed by atoms with Crippen LogP contribution in [0.5, 0.6) is 0 Å². The molecule has 1 aromatic carbocycles. The van der Waals surface area contributed by atoms with Gasteiger partial charge in [-0.05, 0) is 6.07 Å². The Hall–Kier alpha value is -1.49. The Morgan fingerprint density at radius 3 is 2.57 bits per heavy atom. The Morgan fingerprint density at radius 1 is 1.43 bits per heavy atom. The zero-order valence-corrected chi connectivity index (χ0v) is 7.44. The Bertz CT molecular complexity index is 341. The van der Waals surface area contributed by atoms with E-state index in [1.54, 1.807) is 6.07 Å². The summed E-state index contributed by atoms with van der Waals surface area (Å²) < 4.78 is 12.4. The lowest BCUT2D eigenvalue weighted by atomic mass is 10.1. The molecule has 0 bridgehead atoms. The van der Waals surface area contributed by atoms with E-state index in [1.165, 1.54) is 12.1 Å². The van der Waals surface area contributed by atoms with E-state index in [4.69, 9.17) is 5.11 Å². The number of hydrogen-bond acceptors (Lipinski definition) is 3. The van der Waals surface area contributed by atoms with Gasteiger partial charge in [-0.3, -0.25) is 10.1 Å². The van der Waals surface area contributed by atoms with Crippen molar-refractivity contribution in [1.82, 2.24) is 0 Å². The standard InChI is InChI=1S/C9H10FNO3/c10-6-8-3-1-2-7(4-5-12)9(8)11(13)14/h1-3,12H,4-6H2. The molecule has 5 heteroatoms. The van der Waals surface area contributed by atoms with Crippen molar-refractivity contribution in [1.29, 1.82) is 0 Å². The number of halogens is 1. The third kappa shape index (κ3) is 2.05. The topological polar surface area (TPSA) is 63.4 Å². The van der Waals surface area contributed by atoms with E-state index in [-0.39, 0.29) is 24.3 Å². The molecule has 0 saturated heterocycles. The Labute approximate surface area is 80.1 Å². The van der Waals surface area contributed by atoms with Crippen LogP contribution in [-0.2, 0) is 13.1 Å². The molecule has 0 radical (unpaired) electrons. The molecule has 0 saturated carbocycles. The number of alkyl halides is 1. The van der Waals surface area contributed by atoms with Crippen molar-refractivity contribution in [2.75, 3.05) is 6.61 Å². The first-order valence-electron chi connectivity index (χ1n) is 4.12. The summed E-state index contributed by atoms with van der Waals surface area (Å²) in [6, 6.07) is 4.44. The van der Waals surface area contributed by atoms with Crippen LogP contribution in [0.25, 0.3) is 0 Å². The number of para-hydroxylation sites is 1. The molecule has 1 rings (SSSR count). The predicted molar refractivity (Wildman–Crippen MR) is 48.7 cm³/mol. The van der Waals surface area contributed by atoms with Crippen LogP contribution in [0.2, 0.25) is 0 Å². The number of rotatable bonds is 4. The summed E-state index contributed by atoms with van der Waals surface area (Å²) in [5.74, 6) is 0. The molecule has 0 fully saturated rings. The first-order chi connectivity index (χ1) is 6.70. The Balaban J connectivity index is 3.20. The number of aliphatic hydroxyl groups excluding tert-OH is 1. The van der Waals surface area contributed by atoms with E-state index in [9.17, 15) is 14.5 Å². The van der Waals surface area contributed by atoms with Crippen LogP contribution < -0.4 is 0 Å². The third-order valence-corrected chi connectivity index (χ3v) is 1.91. The van der Waals surface area contributed by atoms with E-state index in [0.717, 1.165) is 0 Å². The molecular weight excluding hydrogens is 189 g/mol. The highest BCUT2D eigenvalue weighted by molar-refractivity contribution is 5.47. The second-order valence-corrected chi connectivity index (χ2v) is 2.79. The van der Waals surface area contributed by atoms with Crippen LogP contribution >= 0.6 is 0 Å². The smallest absolute Gasteiger partial charge is 0.278 e. The fourth-order valence-corrected chi connectivity index (χ4v) is 1.31.